The lowest BCUT2D eigenvalue weighted by molar-refractivity contribution is -0.164. The molecule has 103 heteroatoms. The van der Waals surface area contributed by atoms with E-state index in [1.807, 2.05) is 0 Å². The van der Waals surface area contributed by atoms with Crippen molar-refractivity contribution in [2.75, 3.05) is 19.7 Å². The summed E-state index contributed by atoms with van der Waals surface area (Å²) in [6.45, 7) is 5.41. The van der Waals surface area contributed by atoms with E-state index in [2.05, 4.69) is 524 Å². The van der Waals surface area contributed by atoms with Crippen LogP contribution in [0.1, 0.15) is 19.8 Å². The van der Waals surface area contributed by atoms with Crippen LogP contribution in [-0.2, 0) is 14.3 Å². The van der Waals surface area contributed by atoms with Crippen LogP contribution in [0.3, 0.4) is 0 Å². The fourth-order valence-electron chi connectivity index (χ4n) is 3.76. The lowest BCUT2D eigenvalue weighted by atomic mass is 9.76. The van der Waals surface area contributed by atoms with Gasteiger partial charge in [0.25, 0.3) is 0 Å². The Morgan fingerprint density at radius 2 is 0.421 bits per heavy atom. The van der Waals surface area contributed by atoms with Crippen molar-refractivity contribution in [3.8, 4) is 0 Å². The number of Topliss-reactive ketones (excluding diaryl/α,β-unsaturated/α-hetero) is 1. The molecular weight excluding hydrogens is 1580 g/mol. The monoisotopic (exact) mass is 1600 g/mol. The van der Waals surface area contributed by atoms with Gasteiger partial charge in [-0.05, 0) is 91.7 Å². The lowest BCUT2D eigenvalue weighted by Crippen LogP contribution is -2.52. The van der Waals surface area contributed by atoms with Crippen molar-refractivity contribution in [1.29, 1.82) is 0 Å². The van der Waals surface area contributed by atoms with Gasteiger partial charge in [-0.3, -0.25) is 14.6 Å². The molecule has 1 aliphatic rings. The molecule has 1 aliphatic heterocycles. The van der Waals surface area contributed by atoms with Gasteiger partial charge in [0.2, 0.25) is 0 Å². The number of ketones is 1. The first kappa shape index (κ1) is 90.9. The van der Waals surface area contributed by atoms with Crippen LogP contribution in [0.2, 0.25) is 0 Å². The predicted molar refractivity (Wildman–Crippen MR) is 297 cm³/mol. The van der Waals surface area contributed by atoms with E-state index >= 15 is 0 Å². The molecule has 0 aromatic rings. The summed E-state index contributed by atoms with van der Waals surface area (Å²) in [4.78, 5) is 25.0. The molecule has 2 N–H and O–H groups in total. The molecule has 1 saturated heterocycles. The summed E-state index contributed by atoms with van der Waals surface area (Å²) in [6.07, 6.45) is 1.53. The smallest absolute Gasteiger partial charge is 0.321 e. The van der Waals surface area contributed by atoms with Crippen molar-refractivity contribution in [2.24, 2.45) is 523 Å². The zero-order valence-corrected chi connectivity index (χ0v) is 53.4. The molecule has 0 aromatic carbocycles. The summed E-state index contributed by atoms with van der Waals surface area (Å²) in [5, 5.41) is 297. The van der Waals surface area contributed by atoms with Gasteiger partial charge in [-0.1, -0.05) is 11.3 Å². The molecule has 1 rings (SSSR count). The number of rotatable bonds is 53. The van der Waals surface area contributed by atoms with Crippen molar-refractivity contribution < 1.29 is 14.3 Å². The van der Waals surface area contributed by atoms with E-state index in [0.29, 0.717) is 0 Å². The molecule has 0 bridgehead atoms. The maximum absolute atomic E-state index is 12.5. The van der Waals surface area contributed by atoms with Crippen LogP contribution in [0.4, 0.5) is 0 Å². The summed E-state index contributed by atoms with van der Waals surface area (Å²) in [6, 6.07) is 0. The van der Waals surface area contributed by atoms with Gasteiger partial charge in [-0.25, -0.2) is 0 Å². The highest BCUT2D eigenvalue weighted by molar-refractivity contribution is 6.05. The Morgan fingerprint density at radius 1 is 0.281 bits per heavy atom. The van der Waals surface area contributed by atoms with E-state index in [0.717, 1.165) is 0 Å². The highest BCUT2D eigenvalue weighted by Gasteiger charge is 2.49. The molecule has 580 valence electrons. The van der Waals surface area contributed by atoms with E-state index in [1.165, 1.54) is 11.1 Å². The van der Waals surface area contributed by atoms with Crippen molar-refractivity contribution in [1.82, 2.24) is 5.01 Å². The summed E-state index contributed by atoms with van der Waals surface area (Å²) in [5.41, 5.74) is -1.46. The number of hydrogen-bond donors (Lipinski definition) is 1. The summed E-state index contributed by atoms with van der Waals surface area (Å²) in [5.74, 6) is 3.66. The topological polar surface area (TPSA) is 1280 Å². The van der Waals surface area contributed by atoms with Crippen molar-refractivity contribution in [3.63, 3.8) is 0 Å². The number of ether oxygens (including phenoxy) is 1. The standard InChI is InChI=1S/C11H18N100O3/c1-3-6-11(10(113)114-4-2)8-111(7-5-9(11)112)110-109-108-107-106-105-104-103-102-101-100-99-98-97-96-95-94-93-92-91-90-89-88-87-86-85-84-83-82-81-80-79-78-77-76-75-74-73-72-71-70-69-68-67-66-65-64-63-62-61-60-59-58-57-56-55-54-53-52-51-50-49-48-47-46-45-44-43-42-41-40-39-38-37-36-35-34-33-32-31-30-29-28-27-26-25-24-23-22-21-20-19-18-17-16-15-14-13-12/h3H,1,4-8H2,2H3,(H2,12,14,16,18,20,22,24,26,28,30,32,34,36,38,40,42,44,46,48,50,52,54,56,58,60,62,64,66,68,70,72,74,76,78,80,82,84,86,88,90,92,94,96,98,100,102,104,106,108,110). The van der Waals surface area contributed by atoms with E-state index in [4.69, 9.17) is 4.74 Å². The van der Waals surface area contributed by atoms with Crippen LogP contribution in [0.5, 0.6) is 0 Å². The highest BCUT2D eigenvalue weighted by Crippen LogP contribution is 2.33. The highest BCUT2D eigenvalue weighted by atomic mass is 16.5. The van der Waals surface area contributed by atoms with Crippen LogP contribution >= 0.6 is 0 Å². The van der Waals surface area contributed by atoms with Crippen LogP contribution < -0.4 is 5.84 Å². The quantitative estimate of drug-likeness (QED) is 0.0154. The van der Waals surface area contributed by atoms with Crippen LogP contribution in [0.15, 0.2) is 525 Å². The maximum Gasteiger partial charge on any atom is 0.321 e. The van der Waals surface area contributed by atoms with Crippen molar-refractivity contribution >= 4 is 11.8 Å². The number of esters is 1. The number of carbonyl (C=O) groups excluding carboxylic acids is 2. The zero-order chi connectivity index (χ0) is 81.5. The second-order valence-electron chi connectivity index (χ2n) is 12.6. The molecule has 1 unspecified atom stereocenters. The normalized spacial score (nSPS) is 17.3. The first-order valence-corrected chi connectivity index (χ1v) is 25.0. The Kier molecular flexibility index (Phi) is 61.9. The first-order valence-electron chi connectivity index (χ1n) is 25.0. The molecule has 0 amide bonds. The van der Waals surface area contributed by atoms with Crippen LogP contribution in [0.25, 0.3) is 0 Å². The Hall–Kier alpha value is -21.1. The number of nitrogens with two attached hydrogens (primary N) is 1. The Labute approximate surface area is 606 Å². The third-order valence-electron chi connectivity index (χ3n) is 6.76. The van der Waals surface area contributed by atoms with Gasteiger partial charge in [0.05, 0.1) is 13.2 Å². The Bertz CT molecular complexity index is 4320. The van der Waals surface area contributed by atoms with Crippen molar-refractivity contribution in [3.05, 3.63) is 12.7 Å². The third kappa shape index (κ3) is 64.3. The second-order valence-corrected chi connectivity index (χ2v) is 12.6. The van der Waals surface area contributed by atoms with Crippen LogP contribution in [0, 0.1) is 5.41 Å². The fraction of sp³-hybridized carbons (Fsp3) is 0.636. The number of hydrogen-bond acceptors (Lipinski definition) is 5. The van der Waals surface area contributed by atoms with E-state index in [1.54, 1.807) is 6.92 Å². The summed E-state index contributed by atoms with van der Waals surface area (Å²) in [7, 11) is 0. The molecule has 103 nitrogen and oxygen atoms in total. The van der Waals surface area contributed by atoms with Gasteiger partial charge >= 0.3 is 5.97 Å². The van der Waals surface area contributed by atoms with E-state index in [-0.39, 0.29) is 38.3 Å². The molecular formula is C11H18N100O3. The number of carbonyl (C=O) groups is 2. The Balaban J connectivity index is 2.13. The molecule has 0 radical (unpaired) electrons. The van der Waals surface area contributed by atoms with Gasteiger partial charge < -0.3 is 10.6 Å². The molecule has 0 saturated carbocycles. The first-order chi connectivity index (χ1) is 56.6. The van der Waals surface area contributed by atoms with Gasteiger partial charge in [0.15, 0.2) is 5.78 Å². The van der Waals surface area contributed by atoms with Gasteiger partial charge in [0, 0.05) is 441 Å². The lowest BCUT2D eigenvalue weighted by Gasteiger charge is -2.36. The molecule has 0 spiro atoms. The van der Waals surface area contributed by atoms with Gasteiger partial charge in [0.1, 0.15) is 5.41 Å². The Morgan fingerprint density at radius 3 is 0.553 bits per heavy atom. The average Bonchev–Trinajstić information content (AvgIpc) is 0.786. The average molecular weight is 1600 g/mol. The van der Waals surface area contributed by atoms with Crippen LogP contribution in [-0.4, -0.2) is 36.5 Å². The van der Waals surface area contributed by atoms with Crippen molar-refractivity contribution in [2.45, 2.75) is 19.8 Å². The SMILES string of the molecule is C=CCC1(C(=O)OCC)CN(/N=N/N=N/N=N/N=N/N=N/N=N/N=N/N=N/N=N/N=N/N=N/N=N/N=N/N=N/N=N/N=N/N=N/N=N/N=N/N=N/N=N/N=N/N=N/N=N/N=N/N=N/N=N/N=N/N=N/N=N/N=N/N=N/N=N/N=N/N=N/N=N/N=N/N=N/N=N/N=N/N=N/N=N/N=N/N=N/N=N/N=N/N=N/N=N/N=N/N)CCC1=O. The minimum Gasteiger partial charge on any atom is -0.465 e. The molecule has 114 heavy (non-hydrogen) atoms. The molecule has 0 aliphatic carbocycles. The van der Waals surface area contributed by atoms with E-state index < -0.39 is 11.4 Å². The number of nitrogens with zero attached hydrogens (tertiary/aromatic N) is 99. The fourth-order valence-corrected chi connectivity index (χ4v) is 3.76. The molecule has 1 heterocycles. The zero-order valence-electron chi connectivity index (χ0n) is 53.4. The maximum atomic E-state index is 12.5. The second kappa shape index (κ2) is 77.6. The molecule has 1 fully saturated rings. The predicted octanol–water partition coefficient (Wildman–Crippen LogP) is 18.3. The summed E-state index contributed by atoms with van der Waals surface area (Å²) < 4.78 is 5.07. The third-order valence-corrected chi connectivity index (χ3v) is 6.76. The summed E-state index contributed by atoms with van der Waals surface area (Å²) >= 11 is 0. The minimum atomic E-state index is -1.46. The number of piperidine rings is 1. The molecule has 1 atom stereocenters. The largest absolute Gasteiger partial charge is 0.465 e. The number of allylic oxidation sites excluding steroid dienone is 1. The minimum absolute atomic E-state index is 0.0260. The van der Waals surface area contributed by atoms with Gasteiger partial charge in [-0.15, -0.1) is 6.58 Å². The van der Waals surface area contributed by atoms with E-state index in [9.17, 15) is 9.59 Å². The molecule has 0 aromatic heterocycles. The van der Waals surface area contributed by atoms with Gasteiger partial charge in [-0.2, -0.15) is 0 Å².